The Hall–Kier alpha value is -2.72. The topological polar surface area (TPSA) is 87.6 Å². The van der Waals surface area contributed by atoms with Crippen molar-refractivity contribution in [3.8, 4) is 11.1 Å². The zero-order valence-electron chi connectivity index (χ0n) is 18.6. The molecule has 0 amide bonds. The minimum atomic E-state index is -3.36. The van der Waals surface area contributed by atoms with Crippen molar-refractivity contribution in [2.75, 3.05) is 25.6 Å². The Balaban J connectivity index is 1.61. The Morgan fingerprint density at radius 3 is 2.74 bits per heavy atom. The molecule has 0 saturated heterocycles. The first-order valence-electron chi connectivity index (χ1n) is 10.6. The number of pyridine rings is 2. The average Bonchev–Trinajstić information content (AvgIpc) is 3.00. The molecule has 5 rings (SSSR count). The summed E-state index contributed by atoms with van der Waals surface area (Å²) >= 11 is 8.58. The Morgan fingerprint density at radius 2 is 2.00 bits per heavy atom. The van der Waals surface area contributed by atoms with Crippen LogP contribution in [-0.2, 0) is 9.84 Å². The van der Waals surface area contributed by atoms with E-state index in [2.05, 4.69) is 15.3 Å². The second kappa shape index (κ2) is 9.14. The van der Waals surface area contributed by atoms with Crippen molar-refractivity contribution >= 4 is 43.8 Å². The first kappa shape index (κ1) is 23.0. The minimum Gasteiger partial charge on any atom is -0.291 e. The highest BCUT2D eigenvalue weighted by molar-refractivity contribution is 8.08. The largest absolute Gasteiger partial charge is 0.291 e. The fourth-order valence-electron chi connectivity index (χ4n) is 4.05. The summed E-state index contributed by atoms with van der Waals surface area (Å²) in [6, 6.07) is 13.2. The van der Waals surface area contributed by atoms with Crippen LogP contribution in [-0.4, -0.2) is 60.9 Å². The number of aromatic nitrogens is 2. The normalized spacial score (nSPS) is 18.5. The van der Waals surface area contributed by atoms with E-state index in [4.69, 9.17) is 16.7 Å². The number of nitrogens with zero attached hydrogens (tertiary/aromatic N) is 4. The highest BCUT2D eigenvalue weighted by Gasteiger charge is 2.36. The molecule has 0 fully saturated rings. The molecule has 4 heterocycles. The van der Waals surface area contributed by atoms with Gasteiger partial charge in [0.05, 0.1) is 10.6 Å². The van der Waals surface area contributed by atoms with Crippen molar-refractivity contribution in [2.45, 2.75) is 11.1 Å². The first-order chi connectivity index (χ1) is 16.3. The predicted molar refractivity (Wildman–Crippen MR) is 137 cm³/mol. The summed E-state index contributed by atoms with van der Waals surface area (Å²) in [5, 5.41) is 10.9. The molecule has 3 aromatic rings. The summed E-state index contributed by atoms with van der Waals surface area (Å²) in [6.07, 6.45) is 5.85. The molecule has 0 saturated carbocycles. The molecule has 0 spiro atoms. The van der Waals surface area contributed by atoms with E-state index in [1.807, 2.05) is 48.5 Å². The molecule has 1 unspecified atom stereocenters. The summed E-state index contributed by atoms with van der Waals surface area (Å²) < 4.78 is 23.9. The van der Waals surface area contributed by atoms with E-state index in [1.165, 1.54) is 12.5 Å². The Labute approximate surface area is 207 Å². The van der Waals surface area contributed by atoms with Crippen molar-refractivity contribution in [1.29, 1.82) is 0 Å². The van der Waals surface area contributed by atoms with E-state index in [0.29, 0.717) is 10.6 Å². The molecule has 7 nitrogen and oxygen atoms in total. The maximum Gasteiger partial charge on any atom is 0.177 e. The van der Waals surface area contributed by atoms with Crippen molar-refractivity contribution in [1.82, 2.24) is 20.3 Å². The number of halogens is 1. The van der Waals surface area contributed by atoms with Crippen LogP contribution in [0.15, 0.2) is 76.6 Å². The lowest BCUT2D eigenvalue weighted by molar-refractivity contribution is 0.272. The van der Waals surface area contributed by atoms with Crippen LogP contribution in [0.25, 0.3) is 16.0 Å². The van der Waals surface area contributed by atoms with Gasteiger partial charge in [-0.1, -0.05) is 29.8 Å². The van der Waals surface area contributed by atoms with Crippen molar-refractivity contribution < 1.29 is 8.42 Å². The summed E-state index contributed by atoms with van der Waals surface area (Å²) in [4.78, 5) is 9.87. The smallest absolute Gasteiger partial charge is 0.177 e. The summed E-state index contributed by atoms with van der Waals surface area (Å²) in [5.74, 6) is 0.886. The van der Waals surface area contributed by atoms with Crippen LogP contribution < -0.4 is 5.32 Å². The van der Waals surface area contributed by atoms with Crippen molar-refractivity contribution in [2.24, 2.45) is 5.10 Å². The maximum absolute atomic E-state index is 12.0. The molecule has 2 aromatic heterocycles. The van der Waals surface area contributed by atoms with Crippen molar-refractivity contribution in [3.63, 3.8) is 0 Å². The third-order valence-corrected chi connectivity index (χ3v) is 8.22. The highest BCUT2D eigenvalue weighted by Crippen LogP contribution is 2.42. The van der Waals surface area contributed by atoms with Gasteiger partial charge in [-0.3, -0.25) is 20.3 Å². The van der Waals surface area contributed by atoms with Gasteiger partial charge >= 0.3 is 0 Å². The molecule has 1 aromatic carbocycles. The SMILES string of the molecule is CN1N=C(c2ccccn2)C2=C(c3ccc(-c4cncc(S(C)(=O)=O)c4)cc3Cl)SCCNC21. The number of benzene rings is 1. The van der Waals surface area contributed by atoms with Crippen molar-refractivity contribution in [3.05, 3.63) is 82.9 Å². The summed E-state index contributed by atoms with van der Waals surface area (Å²) in [5.41, 5.74) is 5.09. The minimum absolute atomic E-state index is 0.0756. The van der Waals surface area contributed by atoms with E-state index in [0.717, 1.165) is 45.3 Å². The molecule has 1 N–H and O–H groups in total. The fraction of sp³-hybridized carbons (Fsp3) is 0.208. The molecule has 0 aliphatic carbocycles. The molecule has 10 heteroatoms. The monoisotopic (exact) mass is 511 g/mol. The molecule has 2 aliphatic heterocycles. The number of nitrogens with one attached hydrogen (secondary N) is 1. The van der Waals surface area contributed by atoms with E-state index < -0.39 is 9.84 Å². The summed E-state index contributed by atoms with van der Waals surface area (Å²) in [7, 11) is -1.41. The van der Waals surface area contributed by atoms with Crippen LogP contribution in [0.5, 0.6) is 0 Å². The number of hydrogen-bond donors (Lipinski definition) is 1. The first-order valence-corrected chi connectivity index (χ1v) is 13.9. The Kier molecular flexibility index (Phi) is 6.20. The molecule has 0 radical (unpaired) electrons. The highest BCUT2D eigenvalue weighted by atomic mass is 35.5. The van der Waals surface area contributed by atoms with Crippen LogP contribution in [0.2, 0.25) is 5.02 Å². The van der Waals surface area contributed by atoms with Gasteiger partial charge in [-0.05, 0) is 29.8 Å². The van der Waals surface area contributed by atoms with Crippen LogP contribution in [0, 0.1) is 0 Å². The maximum atomic E-state index is 12.0. The zero-order chi connectivity index (χ0) is 23.9. The molecule has 174 valence electrons. The third kappa shape index (κ3) is 4.36. The molecule has 2 aliphatic rings. The van der Waals surface area contributed by atoms with Crippen LogP contribution in [0.1, 0.15) is 11.3 Å². The van der Waals surface area contributed by atoms with Gasteiger partial charge in [0.2, 0.25) is 0 Å². The standard InChI is InChI=1S/C24H22ClN5O2S2/c1-30-24-21(22(29-30)20-5-3-4-8-27-20)23(33-10-9-28-24)18-7-6-15(12-19(18)25)16-11-17(14-26-13-16)34(2,31)32/h3-8,11-14,24,28H,9-10H2,1-2H3. The van der Waals surface area contributed by atoms with Gasteiger partial charge in [-0.15, -0.1) is 11.8 Å². The van der Waals surface area contributed by atoms with Gasteiger partial charge in [0.1, 0.15) is 11.9 Å². The quantitative estimate of drug-likeness (QED) is 0.568. The van der Waals surface area contributed by atoms with Crippen LogP contribution in [0.3, 0.4) is 0 Å². The lowest BCUT2D eigenvalue weighted by atomic mass is 9.99. The van der Waals surface area contributed by atoms with E-state index in [1.54, 1.807) is 30.2 Å². The van der Waals surface area contributed by atoms with Gasteiger partial charge in [0.15, 0.2) is 9.84 Å². The molecular weight excluding hydrogens is 490 g/mol. The predicted octanol–water partition coefficient (Wildman–Crippen LogP) is 3.92. The van der Waals surface area contributed by atoms with Gasteiger partial charge in [-0.25, -0.2) is 8.42 Å². The number of thioether (sulfide) groups is 1. The average molecular weight is 512 g/mol. The van der Waals surface area contributed by atoms with Crippen LogP contribution in [0.4, 0.5) is 0 Å². The number of fused-ring (bicyclic) bond motifs is 1. The zero-order valence-corrected chi connectivity index (χ0v) is 21.0. The fourth-order valence-corrected chi connectivity index (χ4v) is 6.10. The van der Waals surface area contributed by atoms with E-state index in [-0.39, 0.29) is 11.1 Å². The Morgan fingerprint density at radius 1 is 1.15 bits per heavy atom. The second-order valence-electron chi connectivity index (χ2n) is 8.06. The van der Waals surface area contributed by atoms with E-state index >= 15 is 0 Å². The lowest BCUT2D eigenvalue weighted by Crippen LogP contribution is -2.40. The lowest BCUT2D eigenvalue weighted by Gasteiger charge is -2.21. The van der Waals surface area contributed by atoms with Crippen LogP contribution >= 0.6 is 23.4 Å². The number of hydrogen-bond acceptors (Lipinski definition) is 8. The van der Waals surface area contributed by atoms with Gasteiger partial charge in [-0.2, -0.15) is 5.10 Å². The molecular formula is C24H22ClN5O2S2. The van der Waals surface area contributed by atoms with Gasteiger partial charge in [0, 0.05) is 70.8 Å². The Bertz CT molecular complexity index is 1420. The van der Waals surface area contributed by atoms with Gasteiger partial charge in [0.25, 0.3) is 0 Å². The number of hydrazone groups is 1. The number of sulfone groups is 1. The number of likely N-dealkylation sites (N-methyl/N-ethyl adjacent to an activating group) is 1. The molecule has 1 atom stereocenters. The molecule has 34 heavy (non-hydrogen) atoms. The number of rotatable bonds is 4. The summed E-state index contributed by atoms with van der Waals surface area (Å²) in [6.45, 7) is 0.831. The molecule has 0 bridgehead atoms. The third-order valence-electron chi connectivity index (χ3n) is 5.69. The van der Waals surface area contributed by atoms with E-state index in [9.17, 15) is 8.42 Å². The van der Waals surface area contributed by atoms with Gasteiger partial charge < -0.3 is 0 Å². The second-order valence-corrected chi connectivity index (χ2v) is 11.6.